The number of hydrogen-bond acceptors (Lipinski definition) is 2. The number of pyridine rings is 2. The molecule has 0 radical (unpaired) electrons. The number of fused-ring (bicyclic) bond motifs is 1. The molecule has 2 rings (SSSR count). The molecule has 0 spiro atoms. The van der Waals surface area contributed by atoms with E-state index >= 15 is 0 Å². The minimum Gasteiger partial charge on any atom is -0.237 e. The summed E-state index contributed by atoms with van der Waals surface area (Å²) in [7, 11) is 0. The first-order chi connectivity index (χ1) is 5.77. The van der Waals surface area contributed by atoms with Crippen molar-refractivity contribution in [1.82, 2.24) is 9.97 Å². The smallest absolute Gasteiger partial charge is 0.214 e. The lowest BCUT2D eigenvalue weighted by Gasteiger charge is -1.98. The summed E-state index contributed by atoms with van der Waals surface area (Å²) in [5.41, 5.74) is 1.53. The van der Waals surface area contributed by atoms with Crippen LogP contribution in [0.1, 0.15) is 5.56 Å². The largest absolute Gasteiger partial charge is 0.237 e. The summed E-state index contributed by atoms with van der Waals surface area (Å²) in [4.78, 5) is 7.61. The SMILES string of the molecule is Cc1ccnc2nc(F)ccc12. The molecule has 0 amide bonds. The summed E-state index contributed by atoms with van der Waals surface area (Å²) >= 11 is 0. The van der Waals surface area contributed by atoms with Gasteiger partial charge in [-0.2, -0.15) is 9.37 Å². The first kappa shape index (κ1) is 7.16. The van der Waals surface area contributed by atoms with Gasteiger partial charge in [0.25, 0.3) is 0 Å². The van der Waals surface area contributed by atoms with Crippen molar-refractivity contribution in [3.8, 4) is 0 Å². The van der Waals surface area contributed by atoms with Gasteiger partial charge in [0, 0.05) is 11.6 Å². The lowest BCUT2D eigenvalue weighted by molar-refractivity contribution is 0.588. The molecule has 60 valence electrons. The summed E-state index contributed by atoms with van der Waals surface area (Å²) < 4.78 is 12.6. The van der Waals surface area contributed by atoms with Crippen LogP contribution in [0.15, 0.2) is 24.4 Å². The molecule has 2 aromatic heterocycles. The average molecular weight is 162 g/mol. The summed E-state index contributed by atoms with van der Waals surface area (Å²) in [6.07, 6.45) is 1.63. The van der Waals surface area contributed by atoms with E-state index in [1.165, 1.54) is 6.07 Å². The topological polar surface area (TPSA) is 25.8 Å². The maximum absolute atomic E-state index is 12.6. The predicted molar refractivity (Wildman–Crippen MR) is 44.2 cm³/mol. The number of aromatic nitrogens is 2. The molecule has 0 aliphatic heterocycles. The van der Waals surface area contributed by atoms with Crippen molar-refractivity contribution in [2.75, 3.05) is 0 Å². The van der Waals surface area contributed by atoms with Crippen LogP contribution in [-0.2, 0) is 0 Å². The molecule has 0 bridgehead atoms. The second-order valence-corrected chi connectivity index (χ2v) is 2.63. The predicted octanol–water partition coefficient (Wildman–Crippen LogP) is 2.08. The van der Waals surface area contributed by atoms with Gasteiger partial charge in [-0.15, -0.1) is 0 Å². The molecular formula is C9H7FN2. The number of halogens is 1. The van der Waals surface area contributed by atoms with Crippen molar-refractivity contribution in [3.05, 3.63) is 35.9 Å². The van der Waals surface area contributed by atoms with Crippen LogP contribution < -0.4 is 0 Å². The molecule has 0 aliphatic rings. The fourth-order valence-electron chi connectivity index (χ4n) is 1.14. The van der Waals surface area contributed by atoms with Crippen molar-refractivity contribution < 1.29 is 4.39 Å². The van der Waals surface area contributed by atoms with Crippen LogP contribution in [0, 0.1) is 12.9 Å². The van der Waals surface area contributed by atoms with Crippen molar-refractivity contribution in [3.63, 3.8) is 0 Å². The zero-order chi connectivity index (χ0) is 8.55. The molecular weight excluding hydrogens is 155 g/mol. The summed E-state index contributed by atoms with van der Waals surface area (Å²) in [6, 6.07) is 4.92. The van der Waals surface area contributed by atoms with Gasteiger partial charge in [-0.25, -0.2) is 4.98 Å². The first-order valence-electron chi connectivity index (χ1n) is 3.65. The van der Waals surface area contributed by atoms with Gasteiger partial charge in [0.1, 0.15) is 0 Å². The van der Waals surface area contributed by atoms with E-state index in [2.05, 4.69) is 9.97 Å². The van der Waals surface area contributed by atoms with Crippen LogP contribution in [-0.4, -0.2) is 9.97 Å². The zero-order valence-corrected chi connectivity index (χ0v) is 6.58. The molecule has 0 unspecified atom stereocenters. The normalized spacial score (nSPS) is 10.5. The quantitative estimate of drug-likeness (QED) is 0.554. The number of aryl methyl sites for hydroxylation is 1. The Morgan fingerprint density at radius 3 is 2.92 bits per heavy atom. The Labute approximate surface area is 69.1 Å². The molecule has 0 saturated heterocycles. The Balaban J connectivity index is 2.86. The molecule has 0 fully saturated rings. The van der Waals surface area contributed by atoms with Gasteiger partial charge in [0.2, 0.25) is 5.95 Å². The molecule has 0 aromatic carbocycles. The van der Waals surface area contributed by atoms with E-state index in [9.17, 15) is 4.39 Å². The summed E-state index contributed by atoms with van der Waals surface area (Å²) in [5.74, 6) is -0.486. The molecule has 0 atom stereocenters. The standard InChI is InChI=1S/C9H7FN2/c1-6-4-5-11-9-7(6)2-3-8(10)12-9/h2-5H,1H3. The molecule has 2 heterocycles. The third-order valence-corrected chi connectivity index (χ3v) is 1.79. The molecule has 2 nitrogen and oxygen atoms in total. The highest BCUT2D eigenvalue weighted by molar-refractivity contribution is 5.77. The van der Waals surface area contributed by atoms with Gasteiger partial charge < -0.3 is 0 Å². The van der Waals surface area contributed by atoms with Gasteiger partial charge in [-0.05, 0) is 30.7 Å². The monoisotopic (exact) mass is 162 g/mol. The van der Waals surface area contributed by atoms with Crippen molar-refractivity contribution in [1.29, 1.82) is 0 Å². The van der Waals surface area contributed by atoms with Gasteiger partial charge in [-0.3, -0.25) is 0 Å². The van der Waals surface area contributed by atoms with Gasteiger partial charge >= 0.3 is 0 Å². The zero-order valence-electron chi connectivity index (χ0n) is 6.58. The van der Waals surface area contributed by atoms with Crippen LogP contribution >= 0.6 is 0 Å². The molecule has 2 aromatic rings. The highest BCUT2D eigenvalue weighted by atomic mass is 19.1. The fraction of sp³-hybridized carbons (Fsp3) is 0.111. The Bertz CT molecular complexity index is 426. The maximum Gasteiger partial charge on any atom is 0.214 e. The van der Waals surface area contributed by atoms with E-state index < -0.39 is 5.95 Å². The molecule has 0 N–H and O–H groups in total. The van der Waals surface area contributed by atoms with Crippen LogP contribution in [0.5, 0.6) is 0 Å². The molecule has 12 heavy (non-hydrogen) atoms. The number of nitrogens with zero attached hydrogens (tertiary/aromatic N) is 2. The van der Waals surface area contributed by atoms with Gasteiger partial charge in [-0.1, -0.05) is 0 Å². The van der Waals surface area contributed by atoms with Crippen molar-refractivity contribution >= 4 is 11.0 Å². The second-order valence-electron chi connectivity index (χ2n) is 2.63. The third kappa shape index (κ3) is 1.03. The minimum absolute atomic E-state index is 0.468. The van der Waals surface area contributed by atoms with E-state index in [-0.39, 0.29) is 0 Å². The maximum atomic E-state index is 12.6. The van der Waals surface area contributed by atoms with Crippen molar-refractivity contribution in [2.24, 2.45) is 0 Å². The van der Waals surface area contributed by atoms with E-state index in [1.807, 2.05) is 13.0 Å². The second kappa shape index (κ2) is 2.52. The van der Waals surface area contributed by atoms with Crippen LogP contribution in [0.3, 0.4) is 0 Å². The van der Waals surface area contributed by atoms with Gasteiger partial charge in [0.05, 0.1) is 0 Å². The molecule has 0 saturated carbocycles. The van der Waals surface area contributed by atoms with Gasteiger partial charge in [0.15, 0.2) is 5.65 Å². The third-order valence-electron chi connectivity index (χ3n) is 1.79. The Hall–Kier alpha value is -1.51. The number of rotatable bonds is 0. The minimum atomic E-state index is -0.486. The van der Waals surface area contributed by atoms with E-state index in [0.717, 1.165) is 10.9 Å². The number of hydrogen-bond donors (Lipinski definition) is 0. The highest BCUT2D eigenvalue weighted by Crippen LogP contribution is 2.13. The van der Waals surface area contributed by atoms with E-state index in [4.69, 9.17) is 0 Å². The van der Waals surface area contributed by atoms with Crippen LogP contribution in [0.2, 0.25) is 0 Å². The Kier molecular flexibility index (Phi) is 1.50. The summed E-state index contributed by atoms with van der Waals surface area (Å²) in [6.45, 7) is 1.95. The van der Waals surface area contributed by atoms with E-state index in [0.29, 0.717) is 5.65 Å². The molecule has 3 heteroatoms. The van der Waals surface area contributed by atoms with Crippen molar-refractivity contribution in [2.45, 2.75) is 6.92 Å². The first-order valence-corrected chi connectivity index (χ1v) is 3.65. The Morgan fingerprint density at radius 1 is 1.25 bits per heavy atom. The lowest BCUT2D eigenvalue weighted by Crippen LogP contribution is -1.88. The molecule has 0 aliphatic carbocycles. The highest BCUT2D eigenvalue weighted by Gasteiger charge is 1.99. The van der Waals surface area contributed by atoms with Crippen LogP contribution in [0.25, 0.3) is 11.0 Å². The Morgan fingerprint density at radius 2 is 2.08 bits per heavy atom. The van der Waals surface area contributed by atoms with Crippen LogP contribution in [0.4, 0.5) is 4.39 Å². The fourth-order valence-corrected chi connectivity index (χ4v) is 1.14. The van der Waals surface area contributed by atoms with E-state index in [1.54, 1.807) is 12.3 Å². The summed E-state index contributed by atoms with van der Waals surface area (Å²) in [5, 5.41) is 0.902. The average Bonchev–Trinajstić information content (AvgIpc) is 2.04. The lowest BCUT2D eigenvalue weighted by atomic mass is 10.2.